The highest BCUT2D eigenvalue weighted by molar-refractivity contribution is 7.66. The second-order valence-electron chi connectivity index (χ2n) is 5.00. The number of hydrogen-bond donors (Lipinski definition) is 1. The van der Waals surface area contributed by atoms with Gasteiger partial charge < -0.3 is 10.3 Å². The van der Waals surface area contributed by atoms with E-state index in [-0.39, 0.29) is 18.0 Å². The fourth-order valence-electron chi connectivity index (χ4n) is 2.21. The van der Waals surface area contributed by atoms with Gasteiger partial charge in [0.15, 0.2) is 0 Å². The topological polar surface area (TPSA) is 52.3 Å². The second kappa shape index (κ2) is 8.02. The quantitative estimate of drug-likeness (QED) is 0.819. The van der Waals surface area contributed by atoms with Crippen LogP contribution in [0.5, 0.6) is 0 Å². The van der Waals surface area contributed by atoms with Gasteiger partial charge in [-0.1, -0.05) is 18.2 Å². The van der Waals surface area contributed by atoms with Crippen LogP contribution in [0, 0.1) is 11.6 Å². The van der Waals surface area contributed by atoms with Crippen molar-refractivity contribution < 1.29 is 17.9 Å². The van der Waals surface area contributed by atoms with Crippen molar-refractivity contribution in [3.8, 4) is 0 Å². The molecule has 0 heterocycles. The molecule has 0 radical (unpaired) electrons. The Balaban J connectivity index is 0.00000264. The molecule has 0 saturated heterocycles. The number of rotatable bonds is 5. The highest BCUT2D eigenvalue weighted by Crippen LogP contribution is 2.41. The maximum atomic E-state index is 13.8. The summed E-state index contributed by atoms with van der Waals surface area (Å²) in [6, 6.07) is 9.25. The fourth-order valence-corrected chi connectivity index (χ4v) is 3.54. The van der Waals surface area contributed by atoms with Crippen molar-refractivity contribution in [3.63, 3.8) is 0 Å². The standard InChI is InChI=1S/C16H18F2NO2P.ClH/c1-3-21-22(2,20)13-7-4-11(5-8-13)16(19)14-9-6-12(17)10-15(14)18;/h4-10,16H,3,19H2,1-2H3;1H/t16-,22?;/m0./s1. The lowest BCUT2D eigenvalue weighted by molar-refractivity contribution is 0.345. The Morgan fingerprint density at radius 1 is 1.17 bits per heavy atom. The van der Waals surface area contributed by atoms with E-state index >= 15 is 0 Å². The molecule has 0 aliphatic carbocycles. The first-order valence-electron chi connectivity index (χ1n) is 6.88. The van der Waals surface area contributed by atoms with Crippen molar-refractivity contribution in [3.05, 3.63) is 65.2 Å². The summed E-state index contributed by atoms with van der Waals surface area (Å²) in [5.41, 5.74) is 6.87. The summed E-state index contributed by atoms with van der Waals surface area (Å²) in [5.74, 6) is -1.33. The second-order valence-corrected chi connectivity index (χ2v) is 7.47. The van der Waals surface area contributed by atoms with Crippen LogP contribution in [0.4, 0.5) is 8.78 Å². The minimum absolute atomic E-state index is 0. The Labute approximate surface area is 140 Å². The largest absolute Gasteiger partial charge is 0.326 e. The van der Waals surface area contributed by atoms with Gasteiger partial charge in [-0.15, -0.1) is 12.4 Å². The van der Waals surface area contributed by atoms with Gasteiger partial charge in [0.05, 0.1) is 12.6 Å². The maximum absolute atomic E-state index is 13.8. The molecular formula is C16H19ClF2NO2P. The molecule has 2 N–H and O–H groups in total. The van der Waals surface area contributed by atoms with Crippen LogP contribution >= 0.6 is 19.8 Å². The zero-order valence-electron chi connectivity index (χ0n) is 12.8. The molecule has 0 bridgehead atoms. The molecule has 0 spiro atoms. The van der Waals surface area contributed by atoms with Crippen LogP contribution in [0.1, 0.15) is 24.1 Å². The number of benzene rings is 2. The molecule has 0 fully saturated rings. The molecule has 3 nitrogen and oxygen atoms in total. The molecule has 0 amide bonds. The van der Waals surface area contributed by atoms with Gasteiger partial charge in [0, 0.05) is 23.6 Å². The summed E-state index contributed by atoms with van der Waals surface area (Å²) in [6.07, 6.45) is 0. The normalized spacial score (nSPS) is 14.7. The van der Waals surface area contributed by atoms with Crippen LogP contribution in [-0.2, 0) is 9.09 Å². The van der Waals surface area contributed by atoms with E-state index in [4.69, 9.17) is 10.3 Å². The third-order valence-electron chi connectivity index (χ3n) is 3.39. The smallest absolute Gasteiger partial charge is 0.229 e. The molecule has 1 unspecified atom stereocenters. The van der Waals surface area contributed by atoms with Crippen LogP contribution in [0.25, 0.3) is 0 Å². The van der Waals surface area contributed by atoms with E-state index in [0.717, 1.165) is 6.07 Å². The minimum atomic E-state index is -2.85. The Hall–Kier alpha value is -1.26. The van der Waals surface area contributed by atoms with E-state index < -0.39 is 25.0 Å². The van der Waals surface area contributed by atoms with Gasteiger partial charge >= 0.3 is 0 Å². The van der Waals surface area contributed by atoms with Crippen LogP contribution < -0.4 is 11.0 Å². The molecule has 126 valence electrons. The van der Waals surface area contributed by atoms with Crippen molar-refractivity contribution in [2.24, 2.45) is 5.73 Å². The molecule has 2 aromatic carbocycles. The number of halogens is 3. The summed E-state index contributed by atoms with van der Waals surface area (Å²) >= 11 is 0. The Kier molecular flexibility index (Phi) is 6.90. The van der Waals surface area contributed by atoms with Gasteiger partial charge in [-0.05, 0) is 30.7 Å². The average molecular weight is 362 g/mol. The maximum Gasteiger partial charge on any atom is 0.229 e. The molecule has 2 aromatic rings. The lowest BCUT2D eigenvalue weighted by Crippen LogP contribution is -2.15. The summed E-state index contributed by atoms with van der Waals surface area (Å²) < 4.78 is 44.3. The van der Waals surface area contributed by atoms with Crippen LogP contribution in [0.2, 0.25) is 0 Å². The predicted molar refractivity (Wildman–Crippen MR) is 90.9 cm³/mol. The van der Waals surface area contributed by atoms with E-state index in [0.29, 0.717) is 17.5 Å². The third kappa shape index (κ3) is 4.61. The minimum Gasteiger partial charge on any atom is -0.326 e. The highest BCUT2D eigenvalue weighted by atomic mass is 35.5. The van der Waals surface area contributed by atoms with Gasteiger partial charge in [0.2, 0.25) is 7.37 Å². The molecule has 7 heteroatoms. The lowest BCUT2D eigenvalue weighted by Gasteiger charge is -2.16. The number of hydrogen-bond acceptors (Lipinski definition) is 3. The predicted octanol–water partition coefficient (Wildman–Crippen LogP) is 4.00. The summed E-state index contributed by atoms with van der Waals surface area (Å²) in [4.78, 5) is 0. The van der Waals surface area contributed by atoms with E-state index in [1.54, 1.807) is 37.9 Å². The molecule has 0 aromatic heterocycles. The molecule has 2 rings (SSSR count). The van der Waals surface area contributed by atoms with Crippen LogP contribution in [0.3, 0.4) is 0 Å². The zero-order chi connectivity index (χ0) is 16.3. The van der Waals surface area contributed by atoms with Gasteiger partial charge in [-0.25, -0.2) is 8.78 Å². The first-order chi connectivity index (χ1) is 10.3. The van der Waals surface area contributed by atoms with Crippen molar-refractivity contribution in [1.82, 2.24) is 0 Å². The highest BCUT2D eigenvalue weighted by Gasteiger charge is 2.20. The van der Waals surface area contributed by atoms with Crippen LogP contribution in [-0.4, -0.2) is 13.3 Å². The summed E-state index contributed by atoms with van der Waals surface area (Å²) in [6.45, 7) is 3.68. The molecule has 23 heavy (non-hydrogen) atoms. The molecule has 0 aliphatic rings. The zero-order valence-corrected chi connectivity index (χ0v) is 14.5. The van der Waals surface area contributed by atoms with E-state index in [2.05, 4.69) is 0 Å². The van der Waals surface area contributed by atoms with Crippen molar-refractivity contribution in [2.75, 3.05) is 13.3 Å². The van der Waals surface area contributed by atoms with Crippen molar-refractivity contribution in [1.29, 1.82) is 0 Å². The monoisotopic (exact) mass is 361 g/mol. The van der Waals surface area contributed by atoms with Gasteiger partial charge in [-0.2, -0.15) is 0 Å². The molecular weight excluding hydrogens is 343 g/mol. The van der Waals surface area contributed by atoms with Gasteiger partial charge in [0.1, 0.15) is 11.6 Å². The van der Waals surface area contributed by atoms with E-state index in [9.17, 15) is 13.3 Å². The SMILES string of the molecule is CCOP(C)(=O)c1ccc([C@H](N)c2ccc(F)cc2F)cc1.Cl. The summed E-state index contributed by atoms with van der Waals surface area (Å²) in [5, 5.41) is 0.574. The number of nitrogens with two attached hydrogens (primary N) is 1. The van der Waals surface area contributed by atoms with Crippen molar-refractivity contribution in [2.45, 2.75) is 13.0 Å². The Morgan fingerprint density at radius 2 is 1.78 bits per heavy atom. The van der Waals surface area contributed by atoms with Gasteiger partial charge in [0.25, 0.3) is 0 Å². The van der Waals surface area contributed by atoms with E-state index in [1.165, 1.54) is 12.1 Å². The Morgan fingerprint density at radius 3 is 2.30 bits per heavy atom. The van der Waals surface area contributed by atoms with Gasteiger partial charge in [-0.3, -0.25) is 4.57 Å². The van der Waals surface area contributed by atoms with Crippen LogP contribution in [0.15, 0.2) is 42.5 Å². The fraction of sp³-hybridized carbons (Fsp3) is 0.250. The molecule has 0 aliphatic heterocycles. The molecule has 0 saturated carbocycles. The lowest BCUT2D eigenvalue weighted by atomic mass is 9.99. The first-order valence-corrected chi connectivity index (χ1v) is 8.95. The summed E-state index contributed by atoms with van der Waals surface area (Å²) in [7, 11) is -2.85. The average Bonchev–Trinajstić information content (AvgIpc) is 2.47. The first kappa shape index (κ1) is 19.8. The third-order valence-corrected chi connectivity index (χ3v) is 5.38. The molecule has 2 atom stereocenters. The van der Waals surface area contributed by atoms with E-state index in [1.807, 2.05) is 0 Å². The van der Waals surface area contributed by atoms with Crippen molar-refractivity contribution >= 4 is 25.1 Å². The Bertz CT molecular complexity index is 710.